The summed E-state index contributed by atoms with van der Waals surface area (Å²) in [6.45, 7) is 8.11. The highest BCUT2D eigenvalue weighted by Gasteiger charge is 2.60. The first kappa shape index (κ1) is 16.0. The number of para-hydroxylation sites is 2. The van der Waals surface area contributed by atoms with Crippen LogP contribution in [0, 0.1) is 27.4 Å². The Balaban J connectivity index is 2.03. The highest BCUT2D eigenvalue weighted by atomic mass is 16.6. The molecule has 1 aromatic carbocycles. The van der Waals surface area contributed by atoms with E-state index in [1.165, 1.54) is 11.6 Å². The van der Waals surface area contributed by atoms with Gasteiger partial charge < -0.3 is 0 Å². The fourth-order valence-corrected chi connectivity index (χ4v) is 2.79. The van der Waals surface area contributed by atoms with Crippen molar-refractivity contribution in [1.29, 1.82) is 0 Å². The van der Waals surface area contributed by atoms with Gasteiger partial charge in [0.25, 0.3) is 5.69 Å². The van der Waals surface area contributed by atoms with Gasteiger partial charge in [0.05, 0.1) is 10.8 Å². The van der Waals surface area contributed by atoms with Gasteiger partial charge in [-0.05, 0) is 31.2 Å². The maximum Gasteiger partial charge on any atom is 0.294 e. The van der Waals surface area contributed by atoms with Gasteiger partial charge in [-0.25, -0.2) is 0 Å². The summed E-state index contributed by atoms with van der Waals surface area (Å²) in [6.07, 6.45) is 2.11. The molecule has 0 aromatic heterocycles. The summed E-state index contributed by atoms with van der Waals surface area (Å²) in [4.78, 5) is 22.7. The molecule has 118 valence electrons. The van der Waals surface area contributed by atoms with Gasteiger partial charge in [0, 0.05) is 6.07 Å². The van der Waals surface area contributed by atoms with Crippen molar-refractivity contribution in [2.24, 2.45) is 17.3 Å². The number of rotatable bonds is 5. The van der Waals surface area contributed by atoms with Crippen LogP contribution in [0.5, 0.6) is 0 Å². The largest absolute Gasteiger partial charge is 0.294 e. The number of nitro groups is 1. The van der Waals surface area contributed by atoms with E-state index in [0.29, 0.717) is 0 Å². The summed E-state index contributed by atoms with van der Waals surface area (Å²) in [7, 11) is 0. The minimum absolute atomic E-state index is 0.0706. The van der Waals surface area contributed by atoms with Gasteiger partial charge in [-0.15, -0.1) is 0 Å². The van der Waals surface area contributed by atoms with Gasteiger partial charge >= 0.3 is 0 Å². The van der Waals surface area contributed by atoms with Crippen LogP contribution in [0.25, 0.3) is 0 Å². The summed E-state index contributed by atoms with van der Waals surface area (Å²) in [6, 6.07) is 6.21. The Hall–Kier alpha value is -2.37. The number of carbonyl (C=O) groups is 1. The molecule has 0 unspecified atom stereocenters. The first-order valence-electron chi connectivity index (χ1n) is 7.19. The van der Waals surface area contributed by atoms with Gasteiger partial charge in [-0.1, -0.05) is 37.6 Å². The molecule has 0 radical (unpaired) electrons. The number of hydrogen-bond donors (Lipinski definition) is 2. The summed E-state index contributed by atoms with van der Waals surface area (Å²) in [5, 5.41) is 10.9. The zero-order valence-electron chi connectivity index (χ0n) is 13.2. The van der Waals surface area contributed by atoms with E-state index >= 15 is 0 Å². The molecule has 2 atom stereocenters. The molecule has 1 aliphatic rings. The van der Waals surface area contributed by atoms with Crippen molar-refractivity contribution >= 4 is 17.3 Å². The molecule has 1 aliphatic carbocycles. The summed E-state index contributed by atoms with van der Waals surface area (Å²) in [5.74, 6) is -0.0756. The molecule has 0 aliphatic heterocycles. The number of carbonyl (C=O) groups excluding carboxylic acids is 1. The van der Waals surface area contributed by atoms with Crippen molar-refractivity contribution in [3.8, 4) is 0 Å². The second-order valence-corrected chi connectivity index (χ2v) is 6.46. The van der Waals surface area contributed by atoms with E-state index in [-0.39, 0.29) is 34.5 Å². The third kappa shape index (κ3) is 3.10. The third-order valence-corrected chi connectivity index (χ3v) is 4.13. The van der Waals surface area contributed by atoms with Gasteiger partial charge in [0.1, 0.15) is 5.69 Å². The predicted molar refractivity (Wildman–Crippen MR) is 85.1 cm³/mol. The summed E-state index contributed by atoms with van der Waals surface area (Å²) < 4.78 is 0. The smallest absolute Gasteiger partial charge is 0.292 e. The molecule has 6 heteroatoms. The van der Waals surface area contributed by atoms with Crippen molar-refractivity contribution < 1.29 is 9.72 Å². The van der Waals surface area contributed by atoms with E-state index in [9.17, 15) is 14.9 Å². The number of nitrogens with one attached hydrogen (secondary N) is 2. The normalized spacial score (nSPS) is 21.6. The number of nitro benzene ring substituents is 1. The van der Waals surface area contributed by atoms with Gasteiger partial charge in [-0.2, -0.15) is 0 Å². The van der Waals surface area contributed by atoms with Crippen molar-refractivity contribution in [3.05, 3.63) is 46.0 Å². The summed E-state index contributed by atoms with van der Waals surface area (Å²) in [5.41, 5.74) is 6.55. The highest BCUT2D eigenvalue weighted by Crippen LogP contribution is 2.59. The SMILES string of the molecule is CC(C)=C[C@H]1[C@@H](C(=O)NNc2ccccc2[N+](=O)[O-])C1(C)C. The Labute approximate surface area is 129 Å². The van der Waals surface area contributed by atoms with E-state index in [0.717, 1.165) is 0 Å². The summed E-state index contributed by atoms with van der Waals surface area (Å²) >= 11 is 0. The van der Waals surface area contributed by atoms with Crippen molar-refractivity contribution in [3.63, 3.8) is 0 Å². The number of benzene rings is 1. The fraction of sp³-hybridized carbons (Fsp3) is 0.438. The minimum Gasteiger partial charge on any atom is -0.292 e. The van der Waals surface area contributed by atoms with E-state index < -0.39 is 4.92 Å². The molecule has 22 heavy (non-hydrogen) atoms. The van der Waals surface area contributed by atoms with Crippen LogP contribution in [0.4, 0.5) is 11.4 Å². The number of hydrogen-bond acceptors (Lipinski definition) is 4. The van der Waals surface area contributed by atoms with E-state index in [1.54, 1.807) is 18.2 Å². The molecule has 0 spiro atoms. The molecule has 2 rings (SSSR count). The second kappa shape index (κ2) is 5.79. The lowest BCUT2D eigenvalue weighted by molar-refractivity contribution is -0.384. The molecule has 2 N–H and O–H groups in total. The number of anilines is 1. The van der Waals surface area contributed by atoms with E-state index in [2.05, 4.69) is 16.9 Å². The van der Waals surface area contributed by atoms with Crippen LogP contribution in [0.15, 0.2) is 35.9 Å². The molecule has 0 heterocycles. The standard InChI is InChI=1S/C16H21N3O3/c1-10(2)9-11-14(16(11,3)4)15(20)18-17-12-7-5-6-8-13(12)19(21)22/h5-9,11,14,17H,1-4H3,(H,18,20)/t11-,14-/m0/s1. The molecule has 1 saturated carbocycles. The van der Waals surface area contributed by atoms with Crippen molar-refractivity contribution in [2.45, 2.75) is 27.7 Å². The topological polar surface area (TPSA) is 84.3 Å². The highest BCUT2D eigenvalue weighted by molar-refractivity contribution is 5.85. The van der Waals surface area contributed by atoms with Crippen LogP contribution >= 0.6 is 0 Å². The first-order chi connectivity index (χ1) is 10.2. The Morgan fingerprint density at radius 1 is 1.32 bits per heavy atom. The minimum atomic E-state index is -0.485. The zero-order chi connectivity index (χ0) is 16.5. The Bertz CT molecular complexity index is 633. The first-order valence-corrected chi connectivity index (χ1v) is 7.19. The van der Waals surface area contributed by atoms with Crippen LogP contribution < -0.4 is 10.9 Å². The third-order valence-electron chi connectivity index (χ3n) is 4.13. The molecular formula is C16H21N3O3. The van der Waals surface area contributed by atoms with Crippen molar-refractivity contribution in [2.75, 3.05) is 5.43 Å². The molecular weight excluding hydrogens is 282 g/mol. The molecule has 1 fully saturated rings. The second-order valence-electron chi connectivity index (χ2n) is 6.46. The molecule has 6 nitrogen and oxygen atoms in total. The number of amides is 1. The van der Waals surface area contributed by atoms with Crippen LogP contribution in [-0.2, 0) is 4.79 Å². The maximum atomic E-state index is 12.3. The lowest BCUT2D eigenvalue weighted by Crippen LogP contribution is -2.32. The lowest BCUT2D eigenvalue weighted by Gasteiger charge is -2.09. The van der Waals surface area contributed by atoms with Gasteiger partial charge in [0.2, 0.25) is 5.91 Å². The van der Waals surface area contributed by atoms with Crippen molar-refractivity contribution in [1.82, 2.24) is 5.43 Å². The molecule has 1 aromatic rings. The average Bonchev–Trinajstić information content (AvgIpc) is 2.96. The Morgan fingerprint density at radius 3 is 2.55 bits per heavy atom. The van der Waals surface area contributed by atoms with Crippen LogP contribution in [0.1, 0.15) is 27.7 Å². The van der Waals surface area contributed by atoms with Crippen LogP contribution in [0.2, 0.25) is 0 Å². The van der Waals surface area contributed by atoms with E-state index in [4.69, 9.17) is 0 Å². The Morgan fingerprint density at radius 2 is 1.95 bits per heavy atom. The van der Waals surface area contributed by atoms with Gasteiger partial charge in [-0.3, -0.25) is 25.8 Å². The van der Waals surface area contributed by atoms with Gasteiger partial charge in [0.15, 0.2) is 0 Å². The molecule has 0 saturated heterocycles. The zero-order valence-corrected chi connectivity index (χ0v) is 13.2. The fourth-order valence-electron chi connectivity index (χ4n) is 2.79. The maximum absolute atomic E-state index is 12.3. The molecule has 0 bridgehead atoms. The van der Waals surface area contributed by atoms with Crippen LogP contribution in [0.3, 0.4) is 0 Å². The van der Waals surface area contributed by atoms with Crippen LogP contribution in [-0.4, -0.2) is 10.8 Å². The quantitative estimate of drug-likeness (QED) is 0.496. The monoisotopic (exact) mass is 303 g/mol. The van der Waals surface area contributed by atoms with E-state index in [1.807, 2.05) is 27.7 Å². The number of nitrogens with zero attached hydrogens (tertiary/aromatic N) is 1. The predicted octanol–water partition coefficient (Wildman–Crippen LogP) is 3.28. The lowest BCUT2D eigenvalue weighted by atomic mass is 10.1. The number of hydrazine groups is 1. The number of allylic oxidation sites excluding steroid dienone is 2. The molecule has 1 amide bonds. The average molecular weight is 303 g/mol. The Kier molecular flexibility index (Phi) is 4.21.